The molecule has 0 bridgehead atoms. The lowest BCUT2D eigenvalue weighted by atomic mass is 10.1. The number of nitriles is 1. The number of ether oxygens (including phenoxy) is 1. The highest BCUT2D eigenvalue weighted by atomic mass is 32.2. The van der Waals surface area contributed by atoms with E-state index in [0.717, 1.165) is 11.1 Å². The van der Waals surface area contributed by atoms with Crippen LogP contribution in [-0.2, 0) is 24.3 Å². The summed E-state index contributed by atoms with van der Waals surface area (Å²) in [5.41, 5.74) is 2.70. The Balaban J connectivity index is 1.85. The monoisotopic (exact) mass is 401 g/mol. The number of sulfonamides is 1. The number of nitrogens with zero attached hydrogens (tertiary/aromatic N) is 1. The summed E-state index contributed by atoms with van der Waals surface area (Å²) in [6, 6.07) is 12.6. The molecule has 2 rings (SSSR count). The predicted molar refractivity (Wildman–Crippen MR) is 102 cm³/mol. The van der Waals surface area contributed by atoms with Crippen LogP contribution in [0.5, 0.6) is 0 Å². The molecule has 0 atom stereocenters. The molecule has 2 aromatic carbocycles. The van der Waals surface area contributed by atoms with Crippen molar-refractivity contribution in [1.29, 1.82) is 5.26 Å². The van der Waals surface area contributed by atoms with Gasteiger partial charge in [0.1, 0.15) is 6.54 Å². The number of aryl methyl sites for hydroxylation is 2. The van der Waals surface area contributed by atoms with Gasteiger partial charge in [0.25, 0.3) is 5.91 Å². The second-order valence-electron chi connectivity index (χ2n) is 5.94. The van der Waals surface area contributed by atoms with E-state index in [9.17, 15) is 18.0 Å². The molecular weight excluding hydrogens is 382 g/mol. The molecule has 0 aliphatic carbocycles. The fourth-order valence-electron chi connectivity index (χ4n) is 2.33. The number of hydrogen-bond acceptors (Lipinski definition) is 6. The summed E-state index contributed by atoms with van der Waals surface area (Å²) in [7, 11) is -3.94. The van der Waals surface area contributed by atoms with Crippen LogP contribution in [0.1, 0.15) is 16.7 Å². The van der Waals surface area contributed by atoms with Crippen LogP contribution in [-0.4, -0.2) is 33.4 Å². The summed E-state index contributed by atoms with van der Waals surface area (Å²) in [6.45, 7) is 2.52. The average molecular weight is 401 g/mol. The molecule has 0 spiro atoms. The van der Waals surface area contributed by atoms with Crippen molar-refractivity contribution in [2.75, 3.05) is 18.5 Å². The molecule has 0 saturated heterocycles. The fraction of sp³-hybridized carbons (Fsp3) is 0.211. The molecule has 146 valence electrons. The molecule has 0 radical (unpaired) electrons. The maximum absolute atomic E-state index is 12.1. The van der Waals surface area contributed by atoms with E-state index in [1.165, 1.54) is 24.3 Å². The first-order valence-corrected chi connectivity index (χ1v) is 9.73. The van der Waals surface area contributed by atoms with Crippen molar-refractivity contribution >= 4 is 27.6 Å². The van der Waals surface area contributed by atoms with E-state index in [1.54, 1.807) is 0 Å². The summed E-state index contributed by atoms with van der Waals surface area (Å²) in [6.07, 6.45) is 0. The SMILES string of the molecule is Cc1cccc(C)c1NC(=O)COC(=O)CNS(=O)(=O)c1ccc(C#N)cc1. The molecule has 8 nitrogen and oxygen atoms in total. The van der Waals surface area contributed by atoms with Gasteiger partial charge in [-0.3, -0.25) is 9.59 Å². The number of hydrogen-bond donors (Lipinski definition) is 2. The fourth-order valence-corrected chi connectivity index (χ4v) is 3.30. The van der Waals surface area contributed by atoms with E-state index >= 15 is 0 Å². The maximum Gasteiger partial charge on any atom is 0.321 e. The van der Waals surface area contributed by atoms with E-state index in [0.29, 0.717) is 11.3 Å². The highest BCUT2D eigenvalue weighted by Gasteiger charge is 2.17. The third-order valence-electron chi connectivity index (χ3n) is 3.81. The Labute approximate surface area is 163 Å². The number of rotatable bonds is 7. The maximum atomic E-state index is 12.1. The molecular formula is C19H19N3O5S. The van der Waals surface area contributed by atoms with E-state index in [-0.39, 0.29) is 4.90 Å². The minimum Gasteiger partial charge on any atom is -0.455 e. The molecule has 2 N–H and O–H groups in total. The second-order valence-corrected chi connectivity index (χ2v) is 7.70. The van der Waals surface area contributed by atoms with Gasteiger partial charge in [0.05, 0.1) is 16.5 Å². The lowest BCUT2D eigenvalue weighted by molar-refractivity contribution is -0.146. The largest absolute Gasteiger partial charge is 0.455 e. The topological polar surface area (TPSA) is 125 Å². The second kappa shape index (κ2) is 9.12. The zero-order chi connectivity index (χ0) is 20.7. The number of carbonyl (C=O) groups is 2. The zero-order valence-corrected chi connectivity index (χ0v) is 16.2. The van der Waals surface area contributed by atoms with Gasteiger partial charge in [-0.1, -0.05) is 18.2 Å². The number of nitrogens with one attached hydrogen (secondary N) is 2. The summed E-state index contributed by atoms with van der Waals surface area (Å²) in [5.74, 6) is -1.42. The lowest BCUT2D eigenvalue weighted by Crippen LogP contribution is -2.32. The summed E-state index contributed by atoms with van der Waals surface area (Å²) < 4.78 is 31.1. The van der Waals surface area contributed by atoms with Gasteiger partial charge < -0.3 is 10.1 Å². The van der Waals surface area contributed by atoms with Crippen LogP contribution in [0.3, 0.4) is 0 Å². The third-order valence-corrected chi connectivity index (χ3v) is 5.23. The van der Waals surface area contributed by atoms with Crippen LogP contribution in [0.15, 0.2) is 47.4 Å². The Kier molecular flexibility index (Phi) is 6.87. The Morgan fingerprint density at radius 3 is 2.25 bits per heavy atom. The van der Waals surface area contributed by atoms with E-state index in [1.807, 2.05) is 38.1 Å². The quantitative estimate of drug-likeness (QED) is 0.680. The minimum atomic E-state index is -3.94. The first kappa shape index (κ1) is 21.1. The summed E-state index contributed by atoms with van der Waals surface area (Å²) in [5, 5.41) is 11.4. The number of para-hydroxylation sites is 1. The van der Waals surface area contributed by atoms with E-state index in [2.05, 4.69) is 10.0 Å². The van der Waals surface area contributed by atoms with Crippen LogP contribution in [0.25, 0.3) is 0 Å². The lowest BCUT2D eigenvalue weighted by Gasteiger charge is -2.12. The van der Waals surface area contributed by atoms with Crippen LogP contribution in [0, 0.1) is 25.2 Å². The molecule has 28 heavy (non-hydrogen) atoms. The van der Waals surface area contributed by atoms with Gasteiger partial charge in [-0.15, -0.1) is 0 Å². The first-order valence-electron chi connectivity index (χ1n) is 8.24. The van der Waals surface area contributed by atoms with Gasteiger partial charge in [0.2, 0.25) is 10.0 Å². The highest BCUT2D eigenvalue weighted by molar-refractivity contribution is 7.89. The smallest absolute Gasteiger partial charge is 0.321 e. The number of esters is 1. The first-order chi connectivity index (χ1) is 13.2. The minimum absolute atomic E-state index is 0.0907. The number of anilines is 1. The van der Waals surface area contributed by atoms with Gasteiger partial charge in [0.15, 0.2) is 6.61 Å². The van der Waals surface area contributed by atoms with Crippen LogP contribution >= 0.6 is 0 Å². The predicted octanol–water partition coefficient (Wildman–Crippen LogP) is 1.64. The van der Waals surface area contributed by atoms with Gasteiger partial charge >= 0.3 is 5.97 Å². The molecule has 0 aliphatic heterocycles. The molecule has 1 amide bonds. The normalized spacial score (nSPS) is 10.8. The van der Waals surface area contributed by atoms with Crippen molar-refractivity contribution < 1.29 is 22.7 Å². The molecule has 0 aliphatic rings. The Bertz CT molecular complexity index is 1000. The van der Waals surface area contributed by atoms with E-state index in [4.69, 9.17) is 10.00 Å². The molecule has 0 saturated carbocycles. The highest BCUT2D eigenvalue weighted by Crippen LogP contribution is 2.19. The van der Waals surface area contributed by atoms with Crippen LogP contribution < -0.4 is 10.0 Å². The van der Waals surface area contributed by atoms with Crippen molar-refractivity contribution in [3.63, 3.8) is 0 Å². The molecule has 0 heterocycles. The summed E-state index contributed by atoms with van der Waals surface area (Å²) >= 11 is 0. The van der Waals surface area contributed by atoms with Crippen LogP contribution in [0.2, 0.25) is 0 Å². The van der Waals surface area contributed by atoms with Gasteiger partial charge in [-0.2, -0.15) is 9.98 Å². The summed E-state index contributed by atoms with van der Waals surface area (Å²) in [4.78, 5) is 23.6. The molecule has 9 heteroatoms. The third kappa shape index (κ3) is 5.64. The Hall–Kier alpha value is -3.22. The van der Waals surface area contributed by atoms with Crippen LogP contribution in [0.4, 0.5) is 5.69 Å². The molecule has 0 fully saturated rings. The van der Waals surface area contributed by atoms with Crippen molar-refractivity contribution in [1.82, 2.24) is 4.72 Å². The Morgan fingerprint density at radius 2 is 1.68 bits per heavy atom. The number of benzene rings is 2. The Morgan fingerprint density at radius 1 is 1.07 bits per heavy atom. The standard InChI is InChI=1S/C19H19N3O5S/c1-13-4-3-5-14(2)19(13)22-17(23)12-27-18(24)11-21-28(25,26)16-8-6-15(10-20)7-9-16/h3-9,21H,11-12H2,1-2H3,(H,22,23). The average Bonchev–Trinajstić information content (AvgIpc) is 2.68. The number of amides is 1. The van der Waals surface area contributed by atoms with Gasteiger partial charge in [-0.05, 0) is 49.2 Å². The molecule has 0 aromatic heterocycles. The van der Waals surface area contributed by atoms with Gasteiger partial charge in [0, 0.05) is 5.69 Å². The van der Waals surface area contributed by atoms with Crippen molar-refractivity contribution in [2.24, 2.45) is 0 Å². The van der Waals surface area contributed by atoms with Crippen molar-refractivity contribution in [3.05, 3.63) is 59.2 Å². The molecule has 0 unspecified atom stereocenters. The zero-order valence-electron chi connectivity index (χ0n) is 15.4. The van der Waals surface area contributed by atoms with Crippen molar-refractivity contribution in [3.8, 4) is 6.07 Å². The number of carbonyl (C=O) groups excluding carboxylic acids is 2. The molecule has 2 aromatic rings. The van der Waals surface area contributed by atoms with Crippen molar-refractivity contribution in [2.45, 2.75) is 18.7 Å². The van der Waals surface area contributed by atoms with Gasteiger partial charge in [-0.25, -0.2) is 8.42 Å². The van der Waals surface area contributed by atoms with E-state index < -0.39 is 35.1 Å².